The Hall–Kier alpha value is -11.1. The molecule has 0 atom stereocenters. The molecule has 4 aromatic heterocycles. The van der Waals surface area contributed by atoms with Gasteiger partial charge in [0.1, 0.15) is 22.3 Å². The highest BCUT2D eigenvalue weighted by Gasteiger charge is 2.49. The molecule has 0 saturated heterocycles. The number of nitrogens with one attached hydrogen (secondary N) is 1. The van der Waals surface area contributed by atoms with Gasteiger partial charge in [0.05, 0.1) is 22.1 Å². The number of nitrogens with two attached hydrogens (primary N) is 1. The minimum atomic E-state index is -5.71. The van der Waals surface area contributed by atoms with Crippen LogP contribution in [0.25, 0.3) is 143 Å². The number of furan rings is 2. The number of fused-ring (bicyclic) bond motifs is 15. The lowest BCUT2D eigenvalue weighted by Crippen LogP contribution is -2.79. The Morgan fingerprint density at radius 1 is 0.388 bits per heavy atom. The largest absolute Gasteiger partial charge is 0.534 e. The summed E-state index contributed by atoms with van der Waals surface area (Å²) in [4.78, 5) is 0. The van der Waals surface area contributed by atoms with Crippen LogP contribution in [0, 0.1) is 0 Å². The van der Waals surface area contributed by atoms with Crippen molar-refractivity contribution in [2.75, 3.05) is 11.1 Å². The number of nitrogens with zero attached hydrogens (tertiary/aromatic N) is 2. The van der Waals surface area contributed by atoms with Crippen LogP contribution in [-0.2, 0) is 10.1 Å². The lowest BCUT2D eigenvalue weighted by atomic mass is 8.40. The highest BCUT2D eigenvalue weighted by Crippen LogP contribution is 2.41. The molecule has 0 amide bonds. The van der Waals surface area contributed by atoms with Crippen molar-refractivity contribution >= 4 is 288 Å². The van der Waals surface area contributed by atoms with Gasteiger partial charge in [-0.05, 0) is 143 Å². The lowest BCUT2D eigenvalue weighted by Gasteiger charge is -2.41. The summed E-state index contributed by atoms with van der Waals surface area (Å²) in [7, 11) is 52.7. The highest BCUT2D eigenvalue weighted by atomic mass is 79.9. The quantitative estimate of drug-likeness (QED) is 0.0325. The smallest absolute Gasteiger partial charge is 0.455 e. The second kappa shape index (κ2) is 37.5. The summed E-state index contributed by atoms with van der Waals surface area (Å²) >= 11 is 3.50. The SMILES string of the molecule is Brc1ccc(-n2c3ccccc3c3ccccc32)cc1.C.Nc1ccc(-c2cccc3c2oc2ccccc23)cc1.O=S(=O)(Oc1cccc2ccc3ccccc3c12)C(F)(F)F.[B][B]B([B])B(B(B([B])[B])B([B])[B])B(B([B])[B])B([B])[B].c1ccc2c(c1)oc1c(-c3ccc(Nc4ccc(-n5c6ccccc6c6ccccc65)cc4)cc3)cccc12. The second-order valence-corrected chi connectivity index (χ2v) is 31.5. The average Bonchev–Trinajstić information content (AvgIpc) is 1.60. The molecule has 33 heteroatoms. The fraction of sp³-hybridized carbons (Fsp3) is 0.0227. The molecule has 15 aromatic carbocycles. The maximum atomic E-state index is 12.5. The van der Waals surface area contributed by atoms with Gasteiger partial charge in [0.25, 0.3) is 0 Å². The minimum Gasteiger partial charge on any atom is -0.455 e. The number of para-hydroxylation sites is 8. The van der Waals surface area contributed by atoms with E-state index < -0.39 is 66.7 Å². The first-order chi connectivity index (χ1) is 57.9. The van der Waals surface area contributed by atoms with Crippen LogP contribution in [0.4, 0.5) is 30.2 Å². The number of benzene rings is 15. The van der Waals surface area contributed by atoms with E-state index in [9.17, 15) is 21.6 Å². The minimum absolute atomic E-state index is 0. The van der Waals surface area contributed by atoms with E-state index >= 15 is 0 Å². The molecule has 0 aliphatic rings. The van der Waals surface area contributed by atoms with Gasteiger partial charge in [-0.2, -0.15) is 21.6 Å². The van der Waals surface area contributed by atoms with E-state index in [-0.39, 0.29) is 13.2 Å². The Morgan fingerprint density at radius 2 is 0.736 bits per heavy atom. The van der Waals surface area contributed by atoms with Crippen LogP contribution in [0.2, 0.25) is 0 Å². The van der Waals surface area contributed by atoms with Crippen molar-refractivity contribution in [3.8, 4) is 39.4 Å². The van der Waals surface area contributed by atoms with Gasteiger partial charge in [-0.3, -0.25) is 0 Å². The molecule has 4 heterocycles. The topological polar surface area (TPSA) is 118 Å². The summed E-state index contributed by atoms with van der Waals surface area (Å²) in [5, 5.41) is 15.6. The molecule has 19 aromatic rings. The fourth-order valence-corrected chi connectivity index (χ4v) is 16.6. The van der Waals surface area contributed by atoms with E-state index in [0.29, 0.717) is 16.2 Å². The van der Waals surface area contributed by atoms with Gasteiger partial charge in [-0.15, -0.1) is 0 Å². The summed E-state index contributed by atoms with van der Waals surface area (Å²) < 4.78 is 82.4. The Kier molecular flexibility index (Phi) is 26.7. The van der Waals surface area contributed by atoms with Crippen LogP contribution < -0.4 is 15.2 Å². The first-order valence-corrected chi connectivity index (χ1v) is 40.8. The van der Waals surface area contributed by atoms with Crippen LogP contribution in [0.1, 0.15) is 7.43 Å². The normalized spacial score (nSPS) is 11.2. The molecule has 0 aliphatic carbocycles. The molecule has 21 radical (unpaired) electrons. The number of hydrogen-bond acceptors (Lipinski definition) is 7. The Labute approximate surface area is 727 Å². The van der Waals surface area contributed by atoms with Crippen molar-refractivity contribution < 1.29 is 34.6 Å². The average molecular weight is 1630 g/mol. The van der Waals surface area contributed by atoms with Crippen LogP contribution in [0.5, 0.6) is 5.75 Å². The van der Waals surface area contributed by atoms with Gasteiger partial charge in [0.2, 0.25) is 0 Å². The molecule has 3 N–H and O–H groups in total. The van der Waals surface area contributed by atoms with Gasteiger partial charge >= 0.3 is 15.6 Å². The number of alkyl halides is 3. The van der Waals surface area contributed by atoms with E-state index in [1.807, 2.05) is 54.6 Å². The van der Waals surface area contributed by atoms with Crippen molar-refractivity contribution in [1.82, 2.24) is 9.13 Å². The Morgan fingerprint density at radius 3 is 1.16 bits per heavy atom. The van der Waals surface area contributed by atoms with Crippen molar-refractivity contribution in [3.05, 3.63) is 338 Å². The van der Waals surface area contributed by atoms with Crippen molar-refractivity contribution in [1.29, 1.82) is 0 Å². The zero-order valence-corrected chi connectivity index (χ0v) is 67.1. The molecule has 9 nitrogen and oxygen atoms in total. The zero-order valence-electron chi connectivity index (χ0n) is 64.7. The predicted molar refractivity (Wildman–Crippen MR) is 528 cm³/mol. The van der Waals surface area contributed by atoms with Crippen LogP contribution in [-0.4, -0.2) is 159 Å². The lowest BCUT2D eigenvalue weighted by molar-refractivity contribution is -0.0499. The fourth-order valence-electron chi connectivity index (χ4n) is 15.9. The Balaban J connectivity index is 0.000000128. The number of rotatable bonds is 16. The molecule has 0 aliphatic heterocycles. The molecule has 0 fully saturated rings. The summed E-state index contributed by atoms with van der Waals surface area (Å²) in [5.41, 5.74) is 18.5. The van der Waals surface area contributed by atoms with E-state index in [1.54, 1.807) is 42.5 Å². The third-order valence-corrected chi connectivity index (χ3v) is 22.9. The molecule has 0 saturated carbocycles. The second-order valence-electron chi connectivity index (χ2n) is 29.1. The van der Waals surface area contributed by atoms with E-state index in [1.165, 1.54) is 68.5 Å². The maximum Gasteiger partial charge on any atom is 0.534 e. The first kappa shape index (κ1) is 86.3. The summed E-state index contributed by atoms with van der Waals surface area (Å²) in [5.74, 6) is -0.341. The summed E-state index contributed by atoms with van der Waals surface area (Å²) in [6.07, 6.45) is -5.72. The zero-order chi connectivity index (χ0) is 84.1. The predicted octanol–water partition coefficient (Wildman–Crippen LogP) is 18.1. The van der Waals surface area contributed by atoms with Crippen molar-refractivity contribution in [2.24, 2.45) is 0 Å². The van der Waals surface area contributed by atoms with E-state index in [0.717, 1.165) is 98.7 Å². The van der Waals surface area contributed by atoms with Gasteiger partial charge in [-0.25, -0.2) is 0 Å². The molecule has 19 rings (SSSR count). The standard InChI is InChI=1S/C36H24N2O.C18H12BrN.C18H13NO.C15H9F3O3S.CH4.B19/c1-4-13-33-29(8-1)30-9-2-5-14-34(30)38(33)27-22-20-26(21-23-27)37-25-18-16-24(17-19-25)28-11-7-12-32-31-10-3-6-15-35(31)39-36(28)32;19-13-9-11-14(12-10-13)20-17-7-3-1-5-15(17)16-6-2-4-8-18(16)20;19-13-10-8-12(9-11-13)14-5-3-6-16-15-4-1-2-7-17(15)20-18(14)16;16-15(17,18)22(19,20)21-13-7-3-5-11-9-8-10-4-1-2-6-12(10)14(11)13;;1-11-16(10)19(17(12(2)3)13(4)5)18(14(6)7)15(8)9/h1-23,37H;1-12H;1-11H,19H2;1-9H;1H4;. The third-order valence-electron chi connectivity index (χ3n) is 21.4. The number of hydrogen-bond donors (Lipinski definition) is 2. The molecule has 0 unspecified atom stereocenters. The molecule has 121 heavy (non-hydrogen) atoms. The van der Waals surface area contributed by atoms with Crippen molar-refractivity contribution in [3.63, 3.8) is 0 Å². The number of aromatic nitrogens is 2. The Bertz CT molecular complexity index is 6850. The molecule has 0 spiro atoms. The molecular weight excluding hydrogens is 1570 g/mol. The van der Waals surface area contributed by atoms with Crippen LogP contribution in [0.15, 0.2) is 347 Å². The van der Waals surface area contributed by atoms with Crippen LogP contribution in [0.3, 0.4) is 0 Å². The van der Waals surface area contributed by atoms with Gasteiger partial charge in [0.15, 0.2) is 5.75 Å². The van der Waals surface area contributed by atoms with E-state index in [4.69, 9.17) is 91.9 Å². The monoisotopic (exact) mass is 1630 g/mol. The third kappa shape index (κ3) is 18.3. The van der Waals surface area contributed by atoms with Gasteiger partial charge < -0.3 is 33.2 Å². The number of nitrogen functional groups attached to an aromatic ring is 1. The van der Waals surface area contributed by atoms with Crippen molar-refractivity contribution in [2.45, 2.75) is 12.9 Å². The van der Waals surface area contributed by atoms with Gasteiger partial charge in [0, 0.05) is 228 Å². The maximum absolute atomic E-state index is 12.5. The molecular formula is C88H62B19BrF3N4O5S. The summed E-state index contributed by atoms with van der Waals surface area (Å²) in [6.45, 7) is 0. The number of anilines is 3. The highest BCUT2D eigenvalue weighted by molar-refractivity contribution is 9.10. The summed E-state index contributed by atoms with van der Waals surface area (Å²) in [6, 6.07) is 112. The first-order valence-electron chi connectivity index (χ1n) is 38.6. The van der Waals surface area contributed by atoms with Crippen LogP contribution >= 0.6 is 15.9 Å². The molecule has 555 valence electrons. The van der Waals surface area contributed by atoms with E-state index in [2.05, 4.69) is 259 Å². The number of halogens is 4. The van der Waals surface area contributed by atoms with Gasteiger partial charge in [-0.1, -0.05) is 242 Å². The molecule has 0 bridgehead atoms.